The maximum Gasteiger partial charge on any atom is 0.253 e. The topological polar surface area (TPSA) is 83.9 Å². The van der Waals surface area contributed by atoms with Gasteiger partial charge in [-0.25, -0.2) is 0 Å². The van der Waals surface area contributed by atoms with Crippen LogP contribution in [0.15, 0.2) is 158 Å². The first kappa shape index (κ1) is 35.9. The van der Waals surface area contributed by atoms with Crippen molar-refractivity contribution in [3.63, 3.8) is 0 Å². The van der Waals surface area contributed by atoms with Crippen LogP contribution in [0.25, 0.3) is 11.1 Å². The fourth-order valence-corrected chi connectivity index (χ4v) is 7.00. The molecule has 1 amide bonds. The minimum atomic E-state index is -0.586. The molecule has 2 N–H and O–H groups in total. The van der Waals surface area contributed by atoms with E-state index in [9.17, 15) is 9.90 Å². The van der Waals surface area contributed by atoms with Gasteiger partial charge in [0, 0.05) is 50.1 Å². The number of aliphatic hydroxyl groups is 1. The van der Waals surface area contributed by atoms with Gasteiger partial charge in [0.15, 0.2) is 6.29 Å². The Morgan fingerprint density at radius 2 is 1.36 bits per heavy atom. The third-order valence-corrected chi connectivity index (χ3v) is 9.93. The minimum absolute atomic E-state index is 0.00396. The van der Waals surface area contributed by atoms with Crippen LogP contribution >= 0.6 is 0 Å². The first-order valence-electron chi connectivity index (χ1n) is 18.2. The number of carbonyl (C=O) groups is 1. The molecular formula is C46H45N3O4. The smallest absolute Gasteiger partial charge is 0.253 e. The monoisotopic (exact) mass is 703 g/mol. The Morgan fingerprint density at radius 3 is 2.00 bits per heavy atom. The molecule has 4 atom stereocenters. The highest BCUT2D eigenvalue weighted by molar-refractivity contribution is 5.93. The van der Waals surface area contributed by atoms with E-state index in [-0.39, 0.29) is 30.6 Å². The Balaban J connectivity index is 1.14. The van der Waals surface area contributed by atoms with Crippen LogP contribution in [0.3, 0.4) is 0 Å². The number of amides is 1. The summed E-state index contributed by atoms with van der Waals surface area (Å²) in [6.45, 7) is 4.89. The van der Waals surface area contributed by atoms with Gasteiger partial charge >= 0.3 is 0 Å². The van der Waals surface area contributed by atoms with Gasteiger partial charge in [-0.3, -0.25) is 14.7 Å². The molecule has 0 bridgehead atoms. The van der Waals surface area contributed by atoms with E-state index >= 15 is 0 Å². The van der Waals surface area contributed by atoms with Crippen molar-refractivity contribution in [2.24, 2.45) is 5.92 Å². The molecule has 0 radical (unpaired) electrons. The Bertz CT molecular complexity index is 2000. The number of hydrogen-bond acceptors (Lipinski definition) is 6. The van der Waals surface area contributed by atoms with Crippen LogP contribution in [-0.4, -0.2) is 33.5 Å². The highest BCUT2D eigenvalue weighted by Gasteiger charge is 2.39. The van der Waals surface area contributed by atoms with Crippen molar-refractivity contribution < 1.29 is 19.4 Å². The summed E-state index contributed by atoms with van der Waals surface area (Å²) in [5.74, 6) is -0.112. The number of ether oxygens (including phenoxy) is 2. The van der Waals surface area contributed by atoms with Gasteiger partial charge in [-0.15, -0.1) is 0 Å². The average molecular weight is 704 g/mol. The molecule has 0 unspecified atom stereocenters. The molecule has 53 heavy (non-hydrogen) atoms. The van der Waals surface area contributed by atoms with Crippen molar-refractivity contribution in [2.45, 2.75) is 51.7 Å². The number of nitrogens with one attached hydrogen (secondary N) is 1. The number of aromatic nitrogens is 1. The number of rotatable bonds is 13. The van der Waals surface area contributed by atoms with E-state index in [2.05, 4.69) is 125 Å². The van der Waals surface area contributed by atoms with Crippen LogP contribution in [0.4, 0.5) is 0 Å². The standard InChI is InChI=1S/C46H45N3O4/c1-33-43(31-49(29-34-11-4-2-5-12-34)30-35-13-6-3-7-14-35)52-46(53-44(33)38-20-18-36(32-50)19-21-38)39-24-22-37(23-25-39)42-17-9-8-15-40(42)28-48-45(51)41-16-10-26-47-27-41/h2-27,33,43-44,46,50H,28-32H2,1H3,(H,48,51)/t33-,43+,44+,46+/m1/s1. The van der Waals surface area contributed by atoms with E-state index in [1.807, 2.05) is 30.3 Å². The van der Waals surface area contributed by atoms with Gasteiger partial charge in [0.25, 0.3) is 5.91 Å². The molecule has 0 saturated carbocycles. The van der Waals surface area contributed by atoms with Gasteiger partial charge in [-0.05, 0) is 51.1 Å². The first-order valence-corrected chi connectivity index (χ1v) is 18.2. The summed E-state index contributed by atoms with van der Waals surface area (Å²) < 4.78 is 13.7. The third kappa shape index (κ3) is 9.14. The quantitative estimate of drug-likeness (QED) is 0.125. The number of carbonyl (C=O) groups excluding carboxylic acids is 1. The predicted molar refractivity (Wildman–Crippen MR) is 207 cm³/mol. The second kappa shape index (κ2) is 17.4. The lowest BCUT2D eigenvalue weighted by Gasteiger charge is -2.43. The van der Waals surface area contributed by atoms with Crippen molar-refractivity contribution >= 4 is 5.91 Å². The second-order valence-corrected chi connectivity index (χ2v) is 13.7. The Hall–Kier alpha value is -5.44. The molecule has 5 aromatic carbocycles. The molecule has 1 fully saturated rings. The summed E-state index contributed by atoms with van der Waals surface area (Å²) in [5.41, 5.74) is 8.99. The van der Waals surface area contributed by atoms with Crippen molar-refractivity contribution in [1.29, 1.82) is 0 Å². The number of hydrogen-bond donors (Lipinski definition) is 2. The highest BCUT2D eigenvalue weighted by atomic mass is 16.7. The predicted octanol–water partition coefficient (Wildman–Crippen LogP) is 8.66. The zero-order valence-corrected chi connectivity index (χ0v) is 29.9. The summed E-state index contributed by atoms with van der Waals surface area (Å²) in [6, 6.07) is 49.2. The number of benzene rings is 5. The Kier molecular flexibility index (Phi) is 11.8. The second-order valence-electron chi connectivity index (χ2n) is 13.7. The molecule has 268 valence electrons. The summed E-state index contributed by atoms with van der Waals surface area (Å²) in [5, 5.41) is 12.7. The van der Waals surface area contributed by atoms with Crippen molar-refractivity contribution in [3.8, 4) is 11.1 Å². The Labute approximate surface area is 311 Å². The van der Waals surface area contributed by atoms with Gasteiger partial charge in [-0.1, -0.05) is 140 Å². The maximum atomic E-state index is 12.8. The van der Waals surface area contributed by atoms with Gasteiger partial charge in [0.2, 0.25) is 0 Å². The van der Waals surface area contributed by atoms with Crippen molar-refractivity contribution in [2.75, 3.05) is 6.54 Å². The Morgan fingerprint density at radius 1 is 0.717 bits per heavy atom. The largest absolute Gasteiger partial charge is 0.392 e. The van der Waals surface area contributed by atoms with Crippen LogP contribution in [0.5, 0.6) is 0 Å². The van der Waals surface area contributed by atoms with E-state index in [4.69, 9.17) is 9.47 Å². The molecule has 7 heteroatoms. The van der Waals surface area contributed by atoms with E-state index in [1.165, 1.54) is 11.1 Å². The van der Waals surface area contributed by atoms with Crippen LogP contribution in [0.2, 0.25) is 0 Å². The molecule has 7 nitrogen and oxygen atoms in total. The van der Waals surface area contributed by atoms with Crippen LogP contribution < -0.4 is 5.32 Å². The molecule has 2 heterocycles. The third-order valence-electron chi connectivity index (χ3n) is 9.93. The fraction of sp³-hybridized carbons (Fsp3) is 0.217. The summed E-state index contributed by atoms with van der Waals surface area (Å²) in [7, 11) is 0. The zero-order valence-electron chi connectivity index (χ0n) is 29.9. The number of pyridine rings is 1. The van der Waals surface area contributed by atoms with E-state index in [0.29, 0.717) is 18.7 Å². The summed E-state index contributed by atoms with van der Waals surface area (Å²) in [6.07, 6.45) is 2.29. The molecule has 1 aromatic heterocycles. The van der Waals surface area contributed by atoms with Crippen LogP contribution in [-0.2, 0) is 35.7 Å². The molecule has 0 spiro atoms. The van der Waals surface area contributed by atoms with Crippen LogP contribution in [0, 0.1) is 5.92 Å². The normalized spacial score (nSPS) is 18.5. The first-order chi connectivity index (χ1) is 26.0. The van der Waals surface area contributed by atoms with Crippen molar-refractivity contribution in [1.82, 2.24) is 15.2 Å². The van der Waals surface area contributed by atoms with E-state index in [0.717, 1.165) is 46.5 Å². The summed E-state index contributed by atoms with van der Waals surface area (Å²) >= 11 is 0. The van der Waals surface area contributed by atoms with E-state index in [1.54, 1.807) is 24.5 Å². The van der Waals surface area contributed by atoms with Gasteiger partial charge in [-0.2, -0.15) is 0 Å². The fourth-order valence-electron chi connectivity index (χ4n) is 7.00. The molecule has 7 rings (SSSR count). The lowest BCUT2D eigenvalue weighted by atomic mass is 9.89. The van der Waals surface area contributed by atoms with Gasteiger partial charge in [0.05, 0.1) is 24.4 Å². The number of nitrogens with zero attached hydrogens (tertiary/aromatic N) is 2. The molecule has 6 aromatic rings. The van der Waals surface area contributed by atoms with Crippen LogP contribution in [0.1, 0.15) is 63.1 Å². The minimum Gasteiger partial charge on any atom is -0.392 e. The van der Waals surface area contributed by atoms with Gasteiger partial charge < -0.3 is 19.9 Å². The SMILES string of the molecule is C[C@@H]1[C@H](CN(Cc2ccccc2)Cc2ccccc2)O[C@H](c2ccc(-c3ccccc3CNC(=O)c3cccnc3)cc2)O[C@@H]1c1ccc(CO)cc1. The van der Waals surface area contributed by atoms with Gasteiger partial charge in [0.1, 0.15) is 0 Å². The number of aliphatic hydroxyl groups excluding tert-OH is 1. The summed E-state index contributed by atoms with van der Waals surface area (Å²) in [4.78, 5) is 19.3. The lowest BCUT2D eigenvalue weighted by Crippen LogP contribution is -2.44. The molecule has 1 aliphatic heterocycles. The maximum absolute atomic E-state index is 12.8. The van der Waals surface area contributed by atoms with Crippen molar-refractivity contribution in [3.05, 3.63) is 197 Å². The zero-order chi connectivity index (χ0) is 36.4. The molecule has 0 aliphatic carbocycles. The molecule has 1 aliphatic rings. The highest BCUT2D eigenvalue weighted by Crippen LogP contribution is 2.42. The molecular weight excluding hydrogens is 659 g/mol. The lowest BCUT2D eigenvalue weighted by molar-refractivity contribution is -0.276. The molecule has 1 saturated heterocycles. The average Bonchev–Trinajstić information content (AvgIpc) is 3.22. The van der Waals surface area contributed by atoms with E-state index < -0.39 is 6.29 Å².